The predicted octanol–water partition coefficient (Wildman–Crippen LogP) is 3.25. The number of anilines is 1. The van der Waals surface area contributed by atoms with Crippen molar-refractivity contribution in [1.29, 1.82) is 0 Å². The zero-order valence-corrected chi connectivity index (χ0v) is 13.0. The molecule has 1 amide bonds. The molecule has 0 aliphatic heterocycles. The van der Waals surface area contributed by atoms with Gasteiger partial charge >= 0.3 is 6.18 Å². The van der Waals surface area contributed by atoms with Gasteiger partial charge < -0.3 is 15.8 Å². The Morgan fingerprint density at radius 2 is 2.13 bits per heavy atom. The molecule has 1 aliphatic carbocycles. The molecule has 0 bridgehead atoms. The van der Waals surface area contributed by atoms with Gasteiger partial charge in [-0.15, -0.1) is 0 Å². The Bertz CT molecular complexity index is 561. The maximum atomic E-state index is 12.3. The molecule has 1 aliphatic rings. The van der Waals surface area contributed by atoms with E-state index in [1.54, 1.807) is 19.1 Å². The number of ether oxygens (including phenoxy) is 1. The number of halogens is 3. The fraction of sp³-hybridized carbons (Fsp3) is 0.562. The summed E-state index contributed by atoms with van der Waals surface area (Å²) in [5.74, 6) is 0.175. The summed E-state index contributed by atoms with van der Waals surface area (Å²) in [5, 5.41) is 2.82. The third-order valence-corrected chi connectivity index (χ3v) is 4.13. The second-order valence-electron chi connectivity index (χ2n) is 5.91. The van der Waals surface area contributed by atoms with Crippen LogP contribution in [0.15, 0.2) is 18.2 Å². The molecule has 1 fully saturated rings. The molecule has 0 aromatic heterocycles. The first-order valence-corrected chi connectivity index (χ1v) is 7.61. The summed E-state index contributed by atoms with van der Waals surface area (Å²) in [4.78, 5) is 12.3. The molecule has 0 saturated heterocycles. The predicted molar refractivity (Wildman–Crippen MR) is 81.2 cm³/mol. The topological polar surface area (TPSA) is 64.4 Å². The summed E-state index contributed by atoms with van der Waals surface area (Å²) in [5.41, 5.74) is 6.77. The first-order chi connectivity index (χ1) is 10.8. The van der Waals surface area contributed by atoms with E-state index in [0.29, 0.717) is 17.8 Å². The number of alkyl halides is 3. The van der Waals surface area contributed by atoms with E-state index in [0.717, 1.165) is 19.3 Å². The molecule has 0 heterocycles. The van der Waals surface area contributed by atoms with Gasteiger partial charge in [-0.25, -0.2) is 0 Å². The summed E-state index contributed by atoms with van der Waals surface area (Å²) in [6.07, 6.45) is -1.61. The van der Waals surface area contributed by atoms with Crippen molar-refractivity contribution in [2.75, 3.05) is 18.5 Å². The van der Waals surface area contributed by atoms with Gasteiger partial charge in [0.05, 0.1) is 0 Å². The van der Waals surface area contributed by atoms with E-state index < -0.39 is 12.8 Å². The van der Waals surface area contributed by atoms with Crippen LogP contribution in [0.3, 0.4) is 0 Å². The Kier molecular flexibility index (Phi) is 5.51. The van der Waals surface area contributed by atoms with E-state index in [4.69, 9.17) is 10.5 Å². The average Bonchev–Trinajstić information content (AvgIpc) is 2.94. The number of rotatable bonds is 5. The number of carbonyl (C=O) groups is 1. The Morgan fingerprint density at radius 3 is 2.74 bits per heavy atom. The molecular formula is C16H21F3N2O2. The Balaban J connectivity index is 1.98. The number of amides is 1. The molecule has 1 aromatic carbocycles. The number of nitrogens with two attached hydrogens (primary N) is 1. The van der Waals surface area contributed by atoms with Gasteiger partial charge in [0.25, 0.3) is 0 Å². The lowest BCUT2D eigenvalue weighted by Gasteiger charge is -2.18. The first-order valence-electron chi connectivity index (χ1n) is 7.61. The molecule has 4 nitrogen and oxygen atoms in total. The second-order valence-corrected chi connectivity index (χ2v) is 5.91. The molecule has 2 rings (SSSR count). The summed E-state index contributed by atoms with van der Waals surface area (Å²) < 4.78 is 41.3. The number of hydrogen-bond acceptors (Lipinski definition) is 3. The SMILES string of the molecule is Cc1cc(NC(=O)[C@@H]2CCC[C@@H]2CN)ccc1OCC(F)(F)F. The van der Waals surface area contributed by atoms with Crippen molar-refractivity contribution in [2.24, 2.45) is 17.6 Å². The molecule has 2 atom stereocenters. The molecule has 1 saturated carbocycles. The van der Waals surface area contributed by atoms with Crippen molar-refractivity contribution in [1.82, 2.24) is 0 Å². The maximum absolute atomic E-state index is 12.3. The van der Waals surface area contributed by atoms with E-state index in [1.165, 1.54) is 6.07 Å². The van der Waals surface area contributed by atoms with Gasteiger partial charge in [0.2, 0.25) is 5.91 Å². The molecular weight excluding hydrogens is 309 g/mol. The molecule has 1 aromatic rings. The lowest BCUT2D eigenvalue weighted by molar-refractivity contribution is -0.153. The highest BCUT2D eigenvalue weighted by Gasteiger charge is 2.32. The van der Waals surface area contributed by atoms with Crippen LogP contribution in [-0.4, -0.2) is 25.2 Å². The molecule has 128 valence electrons. The van der Waals surface area contributed by atoms with E-state index in [1.807, 2.05) is 0 Å². The highest BCUT2D eigenvalue weighted by Crippen LogP contribution is 2.32. The number of aryl methyl sites for hydroxylation is 1. The van der Waals surface area contributed by atoms with Crippen molar-refractivity contribution in [3.8, 4) is 5.75 Å². The fourth-order valence-corrected chi connectivity index (χ4v) is 2.95. The Labute approximate surface area is 133 Å². The quantitative estimate of drug-likeness (QED) is 0.871. The van der Waals surface area contributed by atoms with Crippen LogP contribution < -0.4 is 15.8 Å². The summed E-state index contributed by atoms with van der Waals surface area (Å²) in [6, 6.07) is 4.59. The maximum Gasteiger partial charge on any atom is 0.422 e. The van der Waals surface area contributed by atoms with Crippen LogP contribution in [0.2, 0.25) is 0 Å². The average molecular weight is 330 g/mol. The number of nitrogens with one attached hydrogen (secondary N) is 1. The number of hydrogen-bond donors (Lipinski definition) is 2. The minimum atomic E-state index is -4.38. The molecule has 3 N–H and O–H groups in total. The largest absolute Gasteiger partial charge is 0.484 e. The third-order valence-electron chi connectivity index (χ3n) is 4.13. The molecule has 0 unspecified atom stereocenters. The van der Waals surface area contributed by atoms with Crippen LogP contribution in [0.4, 0.5) is 18.9 Å². The summed E-state index contributed by atoms with van der Waals surface area (Å²) in [7, 11) is 0. The van der Waals surface area contributed by atoms with E-state index >= 15 is 0 Å². The highest BCUT2D eigenvalue weighted by molar-refractivity contribution is 5.93. The van der Waals surface area contributed by atoms with Gasteiger partial charge in [0.1, 0.15) is 5.75 Å². The highest BCUT2D eigenvalue weighted by atomic mass is 19.4. The first kappa shape index (κ1) is 17.6. The van der Waals surface area contributed by atoms with Crippen LogP contribution in [0.5, 0.6) is 5.75 Å². The van der Waals surface area contributed by atoms with Gasteiger partial charge in [-0.3, -0.25) is 4.79 Å². The van der Waals surface area contributed by atoms with Crippen molar-refractivity contribution in [3.05, 3.63) is 23.8 Å². The Morgan fingerprint density at radius 1 is 1.39 bits per heavy atom. The molecule has 0 spiro atoms. The fourth-order valence-electron chi connectivity index (χ4n) is 2.95. The summed E-state index contributed by atoms with van der Waals surface area (Å²) in [6.45, 7) is 0.792. The zero-order chi connectivity index (χ0) is 17.0. The number of carbonyl (C=O) groups excluding carboxylic acids is 1. The van der Waals surface area contributed by atoms with Gasteiger partial charge in [-0.05, 0) is 56.0 Å². The van der Waals surface area contributed by atoms with Crippen LogP contribution in [-0.2, 0) is 4.79 Å². The third kappa shape index (κ3) is 4.86. The van der Waals surface area contributed by atoms with Gasteiger partial charge in [0.15, 0.2) is 6.61 Å². The van der Waals surface area contributed by atoms with Crippen LogP contribution in [0, 0.1) is 18.8 Å². The molecule has 7 heteroatoms. The van der Waals surface area contributed by atoms with E-state index in [-0.39, 0.29) is 23.5 Å². The minimum Gasteiger partial charge on any atom is -0.484 e. The van der Waals surface area contributed by atoms with Crippen molar-refractivity contribution >= 4 is 11.6 Å². The Hall–Kier alpha value is -1.76. The zero-order valence-electron chi connectivity index (χ0n) is 13.0. The number of benzene rings is 1. The molecule has 23 heavy (non-hydrogen) atoms. The van der Waals surface area contributed by atoms with Gasteiger partial charge in [-0.1, -0.05) is 6.42 Å². The van der Waals surface area contributed by atoms with Gasteiger partial charge in [-0.2, -0.15) is 13.2 Å². The smallest absolute Gasteiger partial charge is 0.422 e. The summed E-state index contributed by atoms with van der Waals surface area (Å²) >= 11 is 0. The van der Waals surface area contributed by atoms with Crippen molar-refractivity contribution < 1.29 is 22.7 Å². The van der Waals surface area contributed by atoms with Crippen molar-refractivity contribution in [3.63, 3.8) is 0 Å². The lowest BCUT2D eigenvalue weighted by atomic mass is 9.95. The van der Waals surface area contributed by atoms with Crippen LogP contribution in [0.25, 0.3) is 0 Å². The lowest BCUT2D eigenvalue weighted by Crippen LogP contribution is -2.29. The molecule has 0 radical (unpaired) electrons. The normalized spacial score (nSPS) is 21.3. The standard InChI is InChI=1S/C16H21F3N2O2/c1-10-7-12(5-6-14(10)23-9-16(17,18)19)21-15(22)13-4-2-3-11(13)8-20/h5-7,11,13H,2-4,8-9,20H2,1H3,(H,21,22)/t11-,13-/m1/s1. The second kappa shape index (κ2) is 7.21. The van der Waals surface area contributed by atoms with E-state index in [2.05, 4.69) is 5.32 Å². The van der Waals surface area contributed by atoms with Crippen molar-refractivity contribution in [2.45, 2.75) is 32.4 Å². The van der Waals surface area contributed by atoms with E-state index in [9.17, 15) is 18.0 Å². The van der Waals surface area contributed by atoms with Gasteiger partial charge in [0, 0.05) is 11.6 Å². The van der Waals surface area contributed by atoms with Crippen LogP contribution >= 0.6 is 0 Å². The minimum absolute atomic E-state index is 0.0821. The van der Waals surface area contributed by atoms with Crippen LogP contribution in [0.1, 0.15) is 24.8 Å². The monoisotopic (exact) mass is 330 g/mol.